The summed E-state index contributed by atoms with van der Waals surface area (Å²) in [5.41, 5.74) is 5.37. The van der Waals surface area contributed by atoms with E-state index in [1.807, 2.05) is 6.07 Å². The summed E-state index contributed by atoms with van der Waals surface area (Å²) >= 11 is 5.97. The van der Waals surface area contributed by atoms with E-state index in [0.717, 1.165) is 5.56 Å². The van der Waals surface area contributed by atoms with Crippen LogP contribution in [0.4, 0.5) is 0 Å². The largest absolute Gasteiger partial charge is 0.495 e. The van der Waals surface area contributed by atoms with Crippen LogP contribution in [0.15, 0.2) is 18.2 Å². The highest BCUT2D eigenvalue weighted by atomic mass is 35.5. The first-order valence-electron chi connectivity index (χ1n) is 5.21. The molecule has 0 aliphatic rings. The van der Waals surface area contributed by atoms with Crippen molar-refractivity contribution in [3.05, 3.63) is 28.8 Å². The van der Waals surface area contributed by atoms with Gasteiger partial charge >= 0.3 is 5.97 Å². The van der Waals surface area contributed by atoms with Crippen molar-refractivity contribution in [3.63, 3.8) is 0 Å². The number of benzene rings is 1. The zero-order valence-corrected chi connectivity index (χ0v) is 10.6. The highest BCUT2D eigenvalue weighted by Crippen LogP contribution is 2.26. The van der Waals surface area contributed by atoms with Gasteiger partial charge in [-0.3, -0.25) is 4.79 Å². The Labute approximate surface area is 105 Å². The van der Waals surface area contributed by atoms with Crippen LogP contribution in [-0.2, 0) is 11.2 Å². The van der Waals surface area contributed by atoms with Gasteiger partial charge < -0.3 is 15.6 Å². The van der Waals surface area contributed by atoms with Crippen molar-refractivity contribution in [1.29, 1.82) is 0 Å². The van der Waals surface area contributed by atoms with Crippen molar-refractivity contribution in [1.82, 2.24) is 0 Å². The number of nitrogens with two attached hydrogens (primary N) is 1. The molecule has 0 saturated carbocycles. The predicted molar refractivity (Wildman–Crippen MR) is 66.6 cm³/mol. The summed E-state index contributed by atoms with van der Waals surface area (Å²) in [5, 5.41) is 9.40. The lowest BCUT2D eigenvalue weighted by molar-refractivity contribution is -0.142. The molecule has 0 heterocycles. The van der Waals surface area contributed by atoms with Crippen molar-refractivity contribution in [2.75, 3.05) is 7.11 Å². The van der Waals surface area contributed by atoms with Crippen LogP contribution in [-0.4, -0.2) is 23.7 Å². The van der Waals surface area contributed by atoms with Crippen LogP contribution in [0.3, 0.4) is 0 Å². The van der Waals surface area contributed by atoms with Gasteiger partial charge in [0.25, 0.3) is 0 Å². The molecule has 4 nitrogen and oxygen atoms in total. The third-order valence-electron chi connectivity index (χ3n) is 2.64. The number of ether oxygens (including phenoxy) is 1. The molecule has 1 rings (SSSR count). The second kappa shape index (κ2) is 5.38. The van der Waals surface area contributed by atoms with Crippen LogP contribution >= 0.6 is 11.6 Å². The van der Waals surface area contributed by atoms with Crippen molar-refractivity contribution in [3.8, 4) is 5.75 Å². The van der Waals surface area contributed by atoms with E-state index in [2.05, 4.69) is 0 Å². The van der Waals surface area contributed by atoms with Gasteiger partial charge in [0.2, 0.25) is 0 Å². The van der Waals surface area contributed by atoms with E-state index in [9.17, 15) is 4.79 Å². The van der Waals surface area contributed by atoms with Crippen molar-refractivity contribution >= 4 is 17.6 Å². The standard InChI is InChI=1S/C12H16ClNO3/c1-12(14,11(15)16)6-5-8-3-4-10(17-2)9(13)7-8/h3-4,7H,5-6,14H2,1-2H3,(H,15,16). The van der Waals surface area contributed by atoms with Crippen LogP contribution in [0.1, 0.15) is 18.9 Å². The Bertz CT molecular complexity index is 418. The molecule has 0 aliphatic heterocycles. The summed E-state index contributed by atoms with van der Waals surface area (Å²) in [6.45, 7) is 1.50. The molecule has 5 heteroatoms. The zero-order chi connectivity index (χ0) is 13.1. The molecule has 17 heavy (non-hydrogen) atoms. The van der Waals surface area contributed by atoms with E-state index in [4.69, 9.17) is 27.2 Å². The van der Waals surface area contributed by atoms with Crippen molar-refractivity contribution in [2.24, 2.45) is 5.73 Å². The van der Waals surface area contributed by atoms with E-state index in [-0.39, 0.29) is 0 Å². The molecule has 1 atom stereocenters. The van der Waals surface area contributed by atoms with Crippen LogP contribution in [0.25, 0.3) is 0 Å². The quantitative estimate of drug-likeness (QED) is 0.847. The number of carboxylic acids is 1. The summed E-state index contributed by atoms with van der Waals surface area (Å²) in [4.78, 5) is 10.8. The maximum absolute atomic E-state index is 10.8. The van der Waals surface area contributed by atoms with Gasteiger partial charge in [0, 0.05) is 0 Å². The van der Waals surface area contributed by atoms with E-state index in [1.54, 1.807) is 19.2 Å². The summed E-state index contributed by atoms with van der Waals surface area (Å²) in [7, 11) is 1.54. The monoisotopic (exact) mass is 257 g/mol. The maximum Gasteiger partial charge on any atom is 0.323 e. The lowest BCUT2D eigenvalue weighted by atomic mass is 9.94. The highest BCUT2D eigenvalue weighted by Gasteiger charge is 2.27. The Balaban J connectivity index is 2.71. The SMILES string of the molecule is COc1ccc(CCC(C)(N)C(=O)O)cc1Cl. The van der Waals surface area contributed by atoms with Gasteiger partial charge in [-0.2, -0.15) is 0 Å². The van der Waals surface area contributed by atoms with Crippen LogP contribution in [0.5, 0.6) is 5.75 Å². The molecule has 0 aromatic heterocycles. The lowest BCUT2D eigenvalue weighted by Crippen LogP contribution is -2.45. The average Bonchev–Trinajstić information content (AvgIpc) is 2.26. The molecular weight excluding hydrogens is 242 g/mol. The van der Waals surface area contributed by atoms with Crippen molar-refractivity contribution in [2.45, 2.75) is 25.3 Å². The van der Waals surface area contributed by atoms with E-state index >= 15 is 0 Å². The molecule has 1 aromatic rings. The Kier molecular flexibility index (Phi) is 4.37. The number of hydrogen-bond donors (Lipinski definition) is 2. The minimum Gasteiger partial charge on any atom is -0.495 e. The van der Waals surface area contributed by atoms with Crippen LogP contribution in [0.2, 0.25) is 5.02 Å². The molecule has 0 radical (unpaired) electrons. The fraction of sp³-hybridized carbons (Fsp3) is 0.417. The number of carbonyl (C=O) groups is 1. The number of halogens is 1. The molecule has 0 amide bonds. The van der Waals surface area contributed by atoms with Gasteiger partial charge in [-0.15, -0.1) is 0 Å². The Morgan fingerprint density at radius 1 is 1.59 bits per heavy atom. The zero-order valence-electron chi connectivity index (χ0n) is 9.87. The Morgan fingerprint density at radius 2 is 2.24 bits per heavy atom. The molecule has 94 valence electrons. The van der Waals surface area contributed by atoms with Crippen LogP contribution < -0.4 is 10.5 Å². The first-order chi connectivity index (χ1) is 7.86. The van der Waals surface area contributed by atoms with Crippen molar-refractivity contribution < 1.29 is 14.6 Å². The lowest BCUT2D eigenvalue weighted by Gasteiger charge is -2.18. The Morgan fingerprint density at radius 3 is 2.71 bits per heavy atom. The summed E-state index contributed by atoms with van der Waals surface area (Å²) in [6.07, 6.45) is 0.911. The first kappa shape index (κ1) is 13.8. The number of rotatable bonds is 5. The van der Waals surface area contributed by atoms with Gasteiger partial charge in [-0.1, -0.05) is 17.7 Å². The van der Waals surface area contributed by atoms with Crippen LogP contribution in [0, 0.1) is 0 Å². The first-order valence-corrected chi connectivity index (χ1v) is 5.59. The Hall–Kier alpha value is -1.26. The second-order valence-electron chi connectivity index (χ2n) is 4.19. The minimum absolute atomic E-state index is 0.352. The third kappa shape index (κ3) is 3.61. The van der Waals surface area contributed by atoms with E-state index < -0.39 is 11.5 Å². The molecule has 0 aliphatic carbocycles. The molecule has 1 unspecified atom stereocenters. The summed E-state index contributed by atoms with van der Waals surface area (Å²) in [5.74, 6) is -0.402. The fourth-order valence-electron chi connectivity index (χ4n) is 1.38. The molecule has 0 bridgehead atoms. The second-order valence-corrected chi connectivity index (χ2v) is 4.60. The van der Waals surface area contributed by atoms with Gasteiger partial charge in [-0.05, 0) is 37.5 Å². The predicted octanol–water partition coefficient (Wildman–Crippen LogP) is 2.08. The number of hydrogen-bond acceptors (Lipinski definition) is 3. The van der Waals surface area contributed by atoms with E-state index in [0.29, 0.717) is 23.6 Å². The molecule has 0 spiro atoms. The highest BCUT2D eigenvalue weighted by molar-refractivity contribution is 6.32. The summed E-state index contributed by atoms with van der Waals surface area (Å²) in [6, 6.07) is 5.37. The number of carboxylic acid groups (broad SMARTS) is 1. The number of methoxy groups -OCH3 is 1. The topological polar surface area (TPSA) is 72.5 Å². The molecule has 0 saturated heterocycles. The smallest absolute Gasteiger partial charge is 0.323 e. The number of aliphatic carboxylic acids is 1. The average molecular weight is 258 g/mol. The van der Waals surface area contributed by atoms with Gasteiger partial charge in [0.05, 0.1) is 12.1 Å². The molecular formula is C12H16ClNO3. The molecule has 3 N–H and O–H groups in total. The van der Waals surface area contributed by atoms with Gasteiger partial charge in [0.1, 0.15) is 11.3 Å². The minimum atomic E-state index is -1.22. The normalized spacial score (nSPS) is 14.1. The van der Waals surface area contributed by atoms with Gasteiger partial charge in [0.15, 0.2) is 0 Å². The fourth-order valence-corrected chi connectivity index (χ4v) is 1.66. The van der Waals surface area contributed by atoms with Gasteiger partial charge in [-0.25, -0.2) is 0 Å². The molecule has 1 aromatic carbocycles. The third-order valence-corrected chi connectivity index (χ3v) is 2.93. The molecule has 0 fully saturated rings. The maximum atomic E-state index is 10.8. The number of aryl methyl sites for hydroxylation is 1. The van der Waals surface area contributed by atoms with E-state index in [1.165, 1.54) is 6.92 Å². The summed E-state index contributed by atoms with van der Waals surface area (Å²) < 4.78 is 5.03.